The van der Waals surface area contributed by atoms with E-state index in [2.05, 4.69) is 6.08 Å². The van der Waals surface area contributed by atoms with E-state index in [-0.39, 0.29) is 0 Å². The lowest BCUT2D eigenvalue weighted by molar-refractivity contribution is 0.422. The summed E-state index contributed by atoms with van der Waals surface area (Å²) in [5, 5.41) is 0. The molecule has 0 radical (unpaired) electrons. The molecule has 0 amide bonds. The van der Waals surface area contributed by atoms with Gasteiger partial charge in [-0.1, -0.05) is 108 Å². The first-order valence-corrected chi connectivity index (χ1v) is 11.7. The molecule has 0 aliphatic heterocycles. The first-order valence-electron chi connectivity index (χ1n) is 11.7. The molecule has 0 heteroatoms. The van der Waals surface area contributed by atoms with Crippen LogP contribution < -0.4 is 0 Å². The fraction of sp³-hybridized carbons (Fsp3) is 0.917. The van der Waals surface area contributed by atoms with Gasteiger partial charge in [-0.15, -0.1) is 0 Å². The molecule has 0 unspecified atom stereocenters. The highest BCUT2D eigenvalue weighted by Crippen LogP contribution is 2.31. The lowest BCUT2D eigenvalue weighted by Crippen LogP contribution is -2.07. The molecule has 2 aliphatic rings. The smallest absolute Gasteiger partial charge is 0.0203 e. The minimum atomic E-state index is 0.937. The van der Waals surface area contributed by atoms with Gasteiger partial charge in [-0.25, -0.2) is 0 Å². The lowest BCUT2D eigenvalue weighted by Gasteiger charge is -2.22. The fourth-order valence-corrected chi connectivity index (χ4v) is 4.83. The summed E-state index contributed by atoms with van der Waals surface area (Å²) >= 11 is 0. The quantitative estimate of drug-likeness (QED) is 0.421. The largest absolute Gasteiger partial charge is 0.0851 e. The van der Waals surface area contributed by atoms with Crippen LogP contribution in [0.1, 0.15) is 135 Å². The highest BCUT2D eigenvalue weighted by atomic mass is 14.2. The Morgan fingerprint density at radius 3 is 1.42 bits per heavy atom. The SMILES string of the molecule is C1=C(C2CCCCCCCCCCC2)CCCCCCCCCC1. The van der Waals surface area contributed by atoms with Gasteiger partial charge in [0.05, 0.1) is 0 Å². The van der Waals surface area contributed by atoms with Crippen LogP contribution in [-0.2, 0) is 0 Å². The van der Waals surface area contributed by atoms with Crippen LogP contribution in [0.15, 0.2) is 11.6 Å². The maximum atomic E-state index is 2.71. The van der Waals surface area contributed by atoms with Gasteiger partial charge in [-0.3, -0.25) is 0 Å². The minimum absolute atomic E-state index is 0.937. The lowest BCUT2D eigenvalue weighted by atomic mass is 9.84. The van der Waals surface area contributed by atoms with Gasteiger partial charge in [0, 0.05) is 0 Å². The zero-order chi connectivity index (χ0) is 16.7. The van der Waals surface area contributed by atoms with Crippen LogP contribution in [0.3, 0.4) is 0 Å². The summed E-state index contributed by atoms with van der Waals surface area (Å²) in [6.45, 7) is 0. The molecule has 0 atom stereocenters. The maximum absolute atomic E-state index is 2.71. The van der Waals surface area contributed by atoms with Crippen molar-refractivity contribution in [2.75, 3.05) is 0 Å². The minimum Gasteiger partial charge on any atom is -0.0851 e. The van der Waals surface area contributed by atoms with Gasteiger partial charge in [0.15, 0.2) is 0 Å². The molecule has 2 rings (SSSR count). The third kappa shape index (κ3) is 9.28. The Hall–Kier alpha value is -0.260. The molecule has 1 saturated carbocycles. The summed E-state index contributed by atoms with van der Waals surface area (Å²) in [7, 11) is 0. The van der Waals surface area contributed by atoms with Crippen LogP contribution in [-0.4, -0.2) is 0 Å². The first kappa shape index (κ1) is 20.1. The van der Waals surface area contributed by atoms with E-state index in [0.717, 1.165) is 5.92 Å². The van der Waals surface area contributed by atoms with Gasteiger partial charge in [0.1, 0.15) is 0 Å². The van der Waals surface area contributed by atoms with E-state index in [9.17, 15) is 0 Å². The van der Waals surface area contributed by atoms with Crippen LogP contribution in [0.4, 0.5) is 0 Å². The Balaban J connectivity index is 1.89. The molecule has 0 N–H and O–H groups in total. The van der Waals surface area contributed by atoms with E-state index in [1.54, 1.807) is 0 Å². The summed E-state index contributed by atoms with van der Waals surface area (Å²) in [4.78, 5) is 0. The monoisotopic (exact) mass is 332 g/mol. The van der Waals surface area contributed by atoms with Crippen molar-refractivity contribution in [3.63, 3.8) is 0 Å². The topological polar surface area (TPSA) is 0 Å². The Morgan fingerprint density at radius 2 is 0.875 bits per heavy atom. The van der Waals surface area contributed by atoms with Crippen molar-refractivity contribution in [2.45, 2.75) is 135 Å². The van der Waals surface area contributed by atoms with Gasteiger partial charge in [0.25, 0.3) is 0 Å². The molecule has 0 saturated heterocycles. The van der Waals surface area contributed by atoms with Crippen molar-refractivity contribution in [3.8, 4) is 0 Å². The molecule has 2 aliphatic carbocycles. The predicted octanol–water partition coefficient (Wildman–Crippen LogP) is 8.75. The maximum Gasteiger partial charge on any atom is -0.0203 e. The average Bonchev–Trinajstić information content (AvgIpc) is 2.56. The molecule has 0 aromatic rings. The Morgan fingerprint density at radius 1 is 0.458 bits per heavy atom. The van der Waals surface area contributed by atoms with Gasteiger partial charge < -0.3 is 0 Å². The van der Waals surface area contributed by atoms with Gasteiger partial charge >= 0.3 is 0 Å². The second kappa shape index (κ2) is 14.0. The van der Waals surface area contributed by atoms with Crippen molar-refractivity contribution >= 4 is 0 Å². The van der Waals surface area contributed by atoms with Crippen molar-refractivity contribution in [3.05, 3.63) is 11.6 Å². The Bertz CT molecular complexity index is 302. The highest BCUT2D eigenvalue weighted by molar-refractivity contribution is 5.07. The highest BCUT2D eigenvalue weighted by Gasteiger charge is 2.14. The van der Waals surface area contributed by atoms with Crippen molar-refractivity contribution in [2.24, 2.45) is 5.92 Å². The normalized spacial score (nSPS) is 25.4. The van der Waals surface area contributed by atoms with E-state index in [0.29, 0.717) is 0 Å². The van der Waals surface area contributed by atoms with Gasteiger partial charge in [-0.2, -0.15) is 0 Å². The average molecular weight is 333 g/mol. The second-order valence-electron chi connectivity index (χ2n) is 8.60. The van der Waals surface area contributed by atoms with Crippen LogP contribution in [0.25, 0.3) is 0 Å². The van der Waals surface area contributed by atoms with E-state index in [1.165, 1.54) is 135 Å². The van der Waals surface area contributed by atoms with Crippen molar-refractivity contribution in [1.82, 2.24) is 0 Å². The number of allylic oxidation sites excluding steroid dienone is 2. The summed E-state index contributed by atoms with van der Waals surface area (Å²) in [5.41, 5.74) is 1.88. The van der Waals surface area contributed by atoms with Crippen LogP contribution >= 0.6 is 0 Å². The molecular formula is C24H44. The Kier molecular flexibility index (Phi) is 11.7. The summed E-state index contributed by atoms with van der Waals surface area (Å²) < 4.78 is 0. The zero-order valence-corrected chi connectivity index (χ0v) is 16.5. The predicted molar refractivity (Wildman–Crippen MR) is 109 cm³/mol. The molecule has 0 heterocycles. The van der Waals surface area contributed by atoms with Gasteiger partial charge in [-0.05, 0) is 44.4 Å². The molecule has 140 valence electrons. The molecule has 24 heavy (non-hydrogen) atoms. The van der Waals surface area contributed by atoms with Crippen molar-refractivity contribution in [1.29, 1.82) is 0 Å². The summed E-state index contributed by atoms with van der Waals surface area (Å²) in [6, 6.07) is 0. The molecule has 0 bridgehead atoms. The molecule has 0 aromatic carbocycles. The van der Waals surface area contributed by atoms with E-state index in [4.69, 9.17) is 0 Å². The van der Waals surface area contributed by atoms with Crippen LogP contribution in [0.5, 0.6) is 0 Å². The van der Waals surface area contributed by atoms with E-state index >= 15 is 0 Å². The third-order valence-corrected chi connectivity index (χ3v) is 6.46. The standard InChI is InChI=1S/C24H44/c1-3-7-11-15-19-23(20-16-12-8-4-1)24-21-17-13-9-5-2-6-10-14-18-22-24/h19,24H,1-18,20-22H2. The molecule has 0 aromatic heterocycles. The van der Waals surface area contributed by atoms with E-state index < -0.39 is 0 Å². The zero-order valence-electron chi connectivity index (χ0n) is 16.5. The van der Waals surface area contributed by atoms with Gasteiger partial charge in [0.2, 0.25) is 0 Å². The number of hydrogen-bond acceptors (Lipinski definition) is 0. The van der Waals surface area contributed by atoms with Crippen LogP contribution in [0, 0.1) is 5.92 Å². The molecular weight excluding hydrogens is 288 g/mol. The van der Waals surface area contributed by atoms with Crippen LogP contribution in [0.2, 0.25) is 0 Å². The fourth-order valence-electron chi connectivity index (χ4n) is 4.83. The summed E-state index contributed by atoms with van der Waals surface area (Å²) in [5.74, 6) is 0.937. The summed E-state index contributed by atoms with van der Waals surface area (Å²) in [6.07, 6.45) is 33.7. The number of hydrogen-bond donors (Lipinski definition) is 0. The molecule has 1 fully saturated rings. The third-order valence-electron chi connectivity index (χ3n) is 6.46. The molecule has 0 nitrogen and oxygen atoms in total. The second-order valence-corrected chi connectivity index (χ2v) is 8.60. The number of rotatable bonds is 1. The van der Waals surface area contributed by atoms with E-state index in [1.807, 2.05) is 5.57 Å². The first-order chi connectivity index (χ1) is 12.0. The molecule has 0 spiro atoms. The van der Waals surface area contributed by atoms with Crippen molar-refractivity contribution < 1.29 is 0 Å². The Labute approximate surface area is 152 Å².